The molecule has 0 aromatic heterocycles. The third-order valence-corrected chi connectivity index (χ3v) is 4.85. The van der Waals surface area contributed by atoms with Crippen LogP contribution >= 0.6 is 0 Å². The molecular weight excluding hydrogens is 236 g/mol. The average molecular weight is 266 g/mol. The molecule has 19 heavy (non-hydrogen) atoms. The summed E-state index contributed by atoms with van der Waals surface area (Å²) in [4.78, 5) is 0. The Bertz CT molecular complexity index is 302. The van der Waals surface area contributed by atoms with E-state index in [0.29, 0.717) is 11.8 Å². The van der Waals surface area contributed by atoms with Crippen LogP contribution in [0.3, 0.4) is 0 Å². The Labute approximate surface area is 117 Å². The van der Waals surface area contributed by atoms with E-state index >= 15 is 0 Å². The van der Waals surface area contributed by atoms with Crippen LogP contribution in [0, 0.1) is 17.8 Å². The minimum atomic E-state index is -0.372. The quantitative estimate of drug-likeness (QED) is 0.762. The molecule has 3 atom stereocenters. The fourth-order valence-electron chi connectivity index (χ4n) is 3.94. The lowest BCUT2D eigenvalue weighted by Crippen LogP contribution is -2.38. The molecule has 2 aliphatic carbocycles. The zero-order valence-corrected chi connectivity index (χ0v) is 12.5. The Kier molecular flexibility index (Phi) is 5.47. The fraction of sp³-hybridized carbons (Fsp3) is 0.882. The van der Waals surface area contributed by atoms with Gasteiger partial charge in [-0.05, 0) is 43.9 Å². The standard InChI is InChI=1S/C17H30O2/c1-12(2)11-16(19)17-14(9-6-10-15(17)18)13-7-4-3-5-8-13/h9,12-13,15-19H,3-8,10-11H2,1-2H3/t15-,16-,17+/m0/s1. The summed E-state index contributed by atoms with van der Waals surface area (Å²) in [7, 11) is 0. The zero-order chi connectivity index (χ0) is 13.8. The van der Waals surface area contributed by atoms with E-state index in [1.165, 1.54) is 37.7 Å². The van der Waals surface area contributed by atoms with Crippen molar-refractivity contribution in [2.24, 2.45) is 17.8 Å². The Hall–Kier alpha value is -0.340. The lowest BCUT2D eigenvalue weighted by molar-refractivity contribution is 0.00648. The van der Waals surface area contributed by atoms with Crippen molar-refractivity contribution in [1.82, 2.24) is 0 Å². The zero-order valence-electron chi connectivity index (χ0n) is 12.5. The molecule has 1 fully saturated rings. The maximum absolute atomic E-state index is 10.5. The molecule has 2 N–H and O–H groups in total. The predicted octanol–water partition coefficient (Wildman–Crippen LogP) is 3.67. The van der Waals surface area contributed by atoms with Crippen molar-refractivity contribution in [1.29, 1.82) is 0 Å². The highest BCUT2D eigenvalue weighted by Gasteiger charge is 2.36. The van der Waals surface area contributed by atoms with Gasteiger partial charge in [0.05, 0.1) is 12.2 Å². The summed E-state index contributed by atoms with van der Waals surface area (Å²) < 4.78 is 0. The highest BCUT2D eigenvalue weighted by atomic mass is 16.3. The second kappa shape index (κ2) is 6.90. The summed E-state index contributed by atoms with van der Waals surface area (Å²) in [5.74, 6) is 1.10. The molecule has 0 unspecified atom stereocenters. The van der Waals surface area contributed by atoms with Crippen molar-refractivity contribution in [2.75, 3.05) is 0 Å². The Morgan fingerprint density at radius 1 is 1.16 bits per heavy atom. The SMILES string of the molecule is CC(C)C[C@H](O)[C@@H]1C(C2CCCCC2)=CCC[C@@H]1O. The molecule has 0 amide bonds. The molecule has 0 aliphatic heterocycles. The van der Waals surface area contributed by atoms with Crippen molar-refractivity contribution in [3.8, 4) is 0 Å². The van der Waals surface area contributed by atoms with Crippen LogP contribution < -0.4 is 0 Å². The molecule has 0 spiro atoms. The van der Waals surface area contributed by atoms with Gasteiger partial charge in [0, 0.05) is 5.92 Å². The monoisotopic (exact) mass is 266 g/mol. The summed E-state index contributed by atoms with van der Waals surface area (Å²) >= 11 is 0. The lowest BCUT2D eigenvalue weighted by Gasteiger charge is -2.38. The molecule has 1 saturated carbocycles. The first-order valence-electron chi connectivity index (χ1n) is 8.15. The Morgan fingerprint density at radius 2 is 1.84 bits per heavy atom. The number of hydrogen-bond acceptors (Lipinski definition) is 2. The van der Waals surface area contributed by atoms with E-state index in [0.717, 1.165) is 19.3 Å². The van der Waals surface area contributed by atoms with Gasteiger partial charge in [-0.25, -0.2) is 0 Å². The van der Waals surface area contributed by atoms with Crippen LogP contribution in [-0.4, -0.2) is 22.4 Å². The number of aliphatic hydroxyl groups excluding tert-OH is 2. The van der Waals surface area contributed by atoms with Crippen LogP contribution in [-0.2, 0) is 0 Å². The van der Waals surface area contributed by atoms with Crippen LogP contribution in [0.5, 0.6) is 0 Å². The third-order valence-electron chi connectivity index (χ3n) is 4.85. The molecular formula is C17H30O2. The van der Waals surface area contributed by atoms with Crippen LogP contribution in [0.15, 0.2) is 11.6 Å². The summed E-state index contributed by atoms with van der Waals surface area (Å²) in [5.41, 5.74) is 1.38. The first-order valence-corrected chi connectivity index (χ1v) is 8.15. The summed E-state index contributed by atoms with van der Waals surface area (Å²) in [5, 5.41) is 20.9. The highest BCUT2D eigenvalue weighted by Crippen LogP contribution is 2.40. The fourth-order valence-corrected chi connectivity index (χ4v) is 3.94. The smallest absolute Gasteiger partial charge is 0.0633 e. The predicted molar refractivity (Wildman–Crippen MR) is 78.9 cm³/mol. The molecule has 0 radical (unpaired) electrons. The van der Waals surface area contributed by atoms with E-state index in [1.807, 2.05) is 0 Å². The molecule has 110 valence electrons. The van der Waals surface area contributed by atoms with Crippen molar-refractivity contribution in [2.45, 2.75) is 77.4 Å². The van der Waals surface area contributed by atoms with E-state index in [-0.39, 0.29) is 18.1 Å². The summed E-state index contributed by atoms with van der Waals surface area (Å²) in [6.07, 6.45) is 10.7. The highest BCUT2D eigenvalue weighted by molar-refractivity contribution is 5.18. The minimum Gasteiger partial charge on any atom is -0.392 e. The maximum Gasteiger partial charge on any atom is 0.0633 e. The first-order chi connectivity index (χ1) is 9.09. The molecule has 2 rings (SSSR count). The Morgan fingerprint density at radius 3 is 2.47 bits per heavy atom. The van der Waals surface area contributed by atoms with Gasteiger partial charge < -0.3 is 10.2 Å². The van der Waals surface area contributed by atoms with E-state index in [1.54, 1.807) is 0 Å². The van der Waals surface area contributed by atoms with Crippen LogP contribution in [0.4, 0.5) is 0 Å². The number of allylic oxidation sites excluding steroid dienone is 1. The van der Waals surface area contributed by atoms with Crippen LogP contribution in [0.1, 0.15) is 65.2 Å². The number of hydrogen-bond donors (Lipinski definition) is 2. The molecule has 0 saturated heterocycles. The topological polar surface area (TPSA) is 40.5 Å². The van der Waals surface area contributed by atoms with Crippen molar-refractivity contribution in [3.63, 3.8) is 0 Å². The van der Waals surface area contributed by atoms with E-state index in [2.05, 4.69) is 19.9 Å². The molecule has 2 heteroatoms. The number of rotatable bonds is 4. The molecule has 0 heterocycles. The molecule has 0 bridgehead atoms. The van der Waals surface area contributed by atoms with Crippen molar-refractivity contribution in [3.05, 3.63) is 11.6 Å². The van der Waals surface area contributed by atoms with Crippen LogP contribution in [0.2, 0.25) is 0 Å². The second-order valence-electron chi connectivity index (χ2n) is 6.91. The van der Waals surface area contributed by atoms with E-state index in [9.17, 15) is 10.2 Å². The third kappa shape index (κ3) is 3.82. The normalized spacial score (nSPS) is 31.3. The second-order valence-corrected chi connectivity index (χ2v) is 6.91. The van der Waals surface area contributed by atoms with Crippen molar-refractivity contribution >= 4 is 0 Å². The van der Waals surface area contributed by atoms with Gasteiger partial charge >= 0.3 is 0 Å². The van der Waals surface area contributed by atoms with Gasteiger partial charge in [0.15, 0.2) is 0 Å². The van der Waals surface area contributed by atoms with Gasteiger partial charge in [0.25, 0.3) is 0 Å². The lowest BCUT2D eigenvalue weighted by atomic mass is 9.70. The van der Waals surface area contributed by atoms with Crippen molar-refractivity contribution < 1.29 is 10.2 Å². The van der Waals surface area contributed by atoms with Gasteiger partial charge in [-0.2, -0.15) is 0 Å². The van der Waals surface area contributed by atoms with Crippen LogP contribution in [0.25, 0.3) is 0 Å². The van der Waals surface area contributed by atoms with Gasteiger partial charge in [-0.1, -0.05) is 44.8 Å². The number of aliphatic hydroxyl groups is 2. The summed E-state index contributed by atoms with van der Waals surface area (Å²) in [6, 6.07) is 0. The molecule has 0 aromatic carbocycles. The molecule has 0 aromatic rings. The molecule has 2 nitrogen and oxygen atoms in total. The average Bonchev–Trinajstić information content (AvgIpc) is 2.38. The van der Waals surface area contributed by atoms with Gasteiger partial charge in [-0.3, -0.25) is 0 Å². The summed E-state index contributed by atoms with van der Waals surface area (Å²) in [6.45, 7) is 4.28. The Balaban J connectivity index is 2.10. The van der Waals surface area contributed by atoms with Gasteiger partial charge in [0.2, 0.25) is 0 Å². The first kappa shape index (κ1) is 15.1. The largest absolute Gasteiger partial charge is 0.392 e. The van der Waals surface area contributed by atoms with Gasteiger partial charge in [0.1, 0.15) is 0 Å². The molecule has 2 aliphatic rings. The van der Waals surface area contributed by atoms with Gasteiger partial charge in [-0.15, -0.1) is 0 Å². The van der Waals surface area contributed by atoms with E-state index in [4.69, 9.17) is 0 Å². The van der Waals surface area contributed by atoms with E-state index < -0.39 is 0 Å². The maximum atomic E-state index is 10.5. The minimum absolute atomic E-state index is 0.000694.